The van der Waals surface area contributed by atoms with Crippen LogP contribution < -0.4 is 10.5 Å². The third-order valence-electron chi connectivity index (χ3n) is 3.13. The van der Waals surface area contributed by atoms with Gasteiger partial charge in [0.25, 0.3) is 5.91 Å². The fourth-order valence-electron chi connectivity index (χ4n) is 2.10. The summed E-state index contributed by atoms with van der Waals surface area (Å²) >= 11 is 1.48. The van der Waals surface area contributed by atoms with Gasteiger partial charge in [0.2, 0.25) is 5.78 Å². The molecule has 110 valence electrons. The van der Waals surface area contributed by atoms with Crippen molar-refractivity contribution in [2.24, 2.45) is 5.73 Å². The number of nitrogens with two attached hydrogens (primary N) is 1. The highest BCUT2D eigenvalue weighted by Crippen LogP contribution is 2.40. The summed E-state index contributed by atoms with van der Waals surface area (Å²) in [6, 6.07) is 14.7. The Morgan fingerprint density at radius 1 is 1.14 bits per heavy atom. The second-order valence-corrected chi connectivity index (χ2v) is 5.84. The number of primary amides is 1. The summed E-state index contributed by atoms with van der Waals surface area (Å²) in [7, 11) is 0. The van der Waals surface area contributed by atoms with E-state index in [-0.39, 0.29) is 12.4 Å². The van der Waals surface area contributed by atoms with Crippen LogP contribution in [0.5, 0.6) is 5.75 Å². The average Bonchev–Trinajstić information content (AvgIpc) is 2.83. The Morgan fingerprint density at radius 2 is 1.86 bits per heavy atom. The second kappa shape index (κ2) is 6.07. The molecule has 0 saturated heterocycles. The van der Waals surface area contributed by atoms with Gasteiger partial charge in [0.05, 0.1) is 4.91 Å². The Balaban J connectivity index is 1.76. The third-order valence-corrected chi connectivity index (χ3v) is 4.23. The predicted octanol–water partition coefficient (Wildman–Crippen LogP) is 2.88. The topological polar surface area (TPSA) is 69.4 Å². The van der Waals surface area contributed by atoms with E-state index < -0.39 is 5.91 Å². The van der Waals surface area contributed by atoms with Gasteiger partial charge < -0.3 is 10.5 Å². The molecule has 0 aromatic heterocycles. The van der Waals surface area contributed by atoms with Crippen molar-refractivity contribution in [3.63, 3.8) is 0 Å². The summed E-state index contributed by atoms with van der Waals surface area (Å²) in [5.41, 5.74) is 6.67. The van der Waals surface area contributed by atoms with E-state index >= 15 is 0 Å². The van der Waals surface area contributed by atoms with Crippen molar-refractivity contribution in [3.8, 4) is 5.75 Å². The van der Waals surface area contributed by atoms with Crippen LogP contribution in [-0.2, 0) is 4.79 Å². The monoisotopic (exact) mass is 311 g/mol. The zero-order chi connectivity index (χ0) is 15.5. The van der Waals surface area contributed by atoms with Gasteiger partial charge in [-0.2, -0.15) is 0 Å². The molecule has 4 nitrogen and oxygen atoms in total. The summed E-state index contributed by atoms with van der Waals surface area (Å²) < 4.78 is 5.20. The van der Waals surface area contributed by atoms with E-state index in [1.54, 1.807) is 12.1 Å². The fraction of sp³-hybridized carbons (Fsp3) is 0.0588. The first-order valence-electron chi connectivity index (χ1n) is 6.68. The quantitative estimate of drug-likeness (QED) is 0.882. The molecule has 1 aliphatic rings. The fourth-order valence-corrected chi connectivity index (χ4v) is 3.15. The summed E-state index contributed by atoms with van der Waals surface area (Å²) in [6.07, 6.45) is 1.85. The lowest BCUT2D eigenvalue weighted by atomic mass is 10.1. The molecule has 0 fully saturated rings. The molecule has 1 aliphatic heterocycles. The molecule has 0 unspecified atom stereocenters. The number of Topliss-reactive ketones (excluding diaryl/α,β-unsaturated/α-hetero) is 1. The van der Waals surface area contributed by atoms with Crippen molar-refractivity contribution < 1.29 is 14.3 Å². The third kappa shape index (κ3) is 3.04. The molecule has 2 aromatic carbocycles. The Labute approximate surface area is 132 Å². The first kappa shape index (κ1) is 14.4. The Hall–Kier alpha value is -2.53. The van der Waals surface area contributed by atoms with Gasteiger partial charge in [0.15, 0.2) is 6.61 Å². The minimum Gasteiger partial charge on any atom is -0.484 e. The maximum Gasteiger partial charge on any atom is 0.255 e. The molecule has 0 atom stereocenters. The van der Waals surface area contributed by atoms with Crippen molar-refractivity contribution in [3.05, 3.63) is 64.6 Å². The lowest BCUT2D eigenvalue weighted by molar-refractivity contribution is -0.119. The number of benzene rings is 2. The summed E-state index contributed by atoms with van der Waals surface area (Å²) in [5.74, 6) is 0.0983. The van der Waals surface area contributed by atoms with E-state index in [1.165, 1.54) is 11.8 Å². The molecule has 22 heavy (non-hydrogen) atoms. The van der Waals surface area contributed by atoms with Crippen molar-refractivity contribution in [1.82, 2.24) is 0 Å². The lowest BCUT2D eigenvalue weighted by Crippen LogP contribution is -2.19. The van der Waals surface area contributed by atoms with Crippen LogP contribution in [0.4, 0.5) is 0 Å². The van der Waals surface area contributed by atoms with Crippen LogP contribution in [-0.4, -0.2) is 18.3 Å². The van der Waals surface area contributed by atoms with Gasteiger partial charge in [-0.25, -0.2) is 0 Å². The molecule has 0 aliphatic carbocycles. The standard InChI is InChI=1S/C17H13NO3S/c18-16(19)10-21-12-7-5-11(6-8-12)9-15-17(20)13-3-1-2-4-14(13)22-15/h1-9H,10H2,(H2,18,19)/b15-9+. The number of fused-ring (bicyclic) bond motifs is 1. The van der Waals surface area contributed by atoms with Crippen LogP contribution in [0.3, 0.4) is 0 Å². The first-order chi connectivity index (χ1) is 10.6. The Morgan fingerprint density at radius 3 is 2.55 bits per heavy atom. The summed E-state index contributed by atoms with van der Waals surface area (Å²) in [5, 5.41) is 0. The van der Waals surface area contributed by atoms with Gasteiger partial charge in [0.1, 0.15) is 5.75 Å². The molecule has 0 bridgehead atoms. The number of carbonyl (C=O) groups is 2. The largest absolute Gasteiger partial charge is 0.484 e. The van der Waals surface area contributed by atoms with Gasteiger partial charge in [-0.15, -0.1) is 0 Å². The van der Waals surface area contributed by atoms with Crippen molar-refractivity contribution in [1.29, 1.82) is 0 Å². The van der Waals surface area contributed by atoms with Gasteiger partial charge in [-0.3, -0.25) is 9.59 Å². The smallest absolute Gasteiger partial charge is 0.255 e. The summed E-state index contributed by atoms with van der Waals surface area (Å²) in [4.78, 5) is 24.6. The van der Waals surface area contributed by atoms with Gasteiger partial charge in [-0.1, -0.05) is 36.0 Å². The number of ketones is 1. The van der Waals surface area contributed by atoms with Gasteiger partial charge in [-0.05, 0) is 35.9 Å². The van der Waals surface area contributed by atoms with E-state index in [0.29, 0.717) is 10.7 Å². The van der Waals surface area contributed by atoms with Gasteiger partial charge >= 0.3 is 0 Å². The SMILES string of the molecule is NC(=O)COc1ccc(/C=C2/Sc3ccccc3C2=O)cc1. The number of thioether (sulfide) groups is 1. The van der Waals surface area contributed by atoms with Gasteiger partial charge in [0, 0.05) is 10.5 Å². The minimum absolute atomic E-state index is 0.0506. The molecule has 3 rings (SSSR count). The highest BCUT2D eigenvalue weighted by Gasteiger charge is 2.24. The highest BCUT2D eigenvalue weighted by atomic mass is 32.2. The van der Waals surface area contributed by atoms with Crippen molar-refractivity contribution in [2.45, 2.75) is 4.90 Å². The van der Waals surface area contributed by atoms with Crippen LogP contribution in [0.15, 0.2) is 58.3 Å². The van der Waals surface area contributed by atoms with Crippen LogP contribution in [0, 0.1) is 0 Å². The lowest BCUT2D eigenvalue weighted by Gasteiger charge is -2.03. The normalized spacial score (nSPS) is 14.9. The first-order valence-corrected chi connectivity index (χ1v) is 7.49. The molecule has 1 heterocycles. The van der Waals surface area contributed by atoms with Crippen LogP contribution in [0.1, 0.15) is 15.9 Å². The number of rotatable bonds is 4. The second-order valence-electron chi connectivity index (χ2n) is 4.76. The maximum atomic E-state index is 12.3. The molecular formula is C17H13NO3S. The Kier molecular flexibility index (Phi) is 3.98. The van der Waals surface area contributed by atoms with E-state index in [9.17, 15) is 9.59 Å². The molecule has 0 saturated carbocycles. The van der Waals surface area contributed by atoms with E-state index in [2.05, 4.69) is 0 Å². The average molecular weight is 311 g/mol. The Bertz CT molecular complexity index is 766. The summed E-state index contributed by atoms with van der Waals surface area (Å²) in [6.45, 7) is -0.149. The van der Waals surface area contributed by atoms with E-state index in [4.69, 9.17) is 10.5 Å². The molecule has 2 N–H and O–H groups in total. The minimum atomic E-state index is -0.517. The predicted molar refractivity (Wildman–Crippen MR) is 85.7 cm³/mol. The maximum absolute atomic E-state index is 12.3. The molecule has 0 radical (unpaired) electrons. The number of amides is 1. The van der Waals surface area contributed by atoms with E-state index in [0.717, 1.165) is 16.0 Å². The van der Waals surface area contributed by atoms with Crippen LogP contribution >= 0.6 is 11.8 Å². The molecule has 2 aromatic rings. The number of hydrogen-bond acceptors (Lipinski definition) is 4. The van der Waals surface area contributed by atoms with Crippen LogP contribution in [0.25, 0.3) is 6.08 Å². The molecule has 0 spiro atoms. The number of allylic oxidation sites excluding steroid dienone is 1. The van der Waals surface area contributed by atoms with Crippen molar-refractivity contribution >= 4 is 29.5 Å². The van der Waals surface area contributed by atoms with Crippen molar-refractivity contribution in [2.75, 3.05) is 6.61 Å². The number of ether oxygens (including phenoxy) is 1. The number of hydrogen-bond donors (Lipinski definition) is 1. The molecular weight excluding hydrogens is 298 g/mol. The zero-order valence-electron chi connectivity index (χ0n) is 11.6. The molecule has 5 heteroatoms. The van der Waals surface area contributed by atoms with Crippen LogP contribution in [0.2, 0.25) is 0 Å². The number of carbonyl (C=O) groups excluding carboxylic acids is 2. The molecule has 1 amide bonds. The van der Waals surface area contributed by atoms with E-state index in [1.807, 2.05) is 42.5 Å². The zero-order valence-corrected chi connectivity index (χ0v) is 12.4. The highest BCUT2D eigenvalue weighted by molar-refractivity contribution is 8.04.